The molecule has 0 aromatic heterocycles. The van der Waals surface area contributed by atoms with E-state index in [9.17, 15) is 14.2 Å². The fraction of sp³-hybridized carbons (Fsp3) is 0.500. The first-order valence-electron chi connectivity index (χ1n) is 2.61. The molecule has 0 aliphatic rings. The highest BCUT2D eigenvalue weighted by atomic mass is 31.1. The Balaban J connectivity index is 3.53. The SMILES string of the molecule is O=C(O)CCC(=O)O[P+](=O)O. The van der Waals surface area contributed by atoms with Gasteiger partial charge < -0.3 is 5.11 Å². The van der Waals surface area contributed by atoms with E-state index >= 15 is 0 Å². The van der Waals surface area contributed by atoms with Gasteiger partial charge in [0.1, 0.15) is 0 Å². The van der Waals surface area contributed by atoms with Crippen molar-refractivity contribution in [1.29, 1.82) is 0 Å². The average molecular weight is 181 g/mol. The summed E-state index contributed by atoms with van der Waals surface area (Å²) in [7, 11) is -2.96. The molecule has 0 aliphatic carbocycles. The maximum atomic E-state index is 10.3. The number of carbonyl (C=O) groups is 2. The third-order valence-corrected chi connectivity index (χ3v) is 1.08. The third-order valence-electron chi connectivity index (χ3n) is 0.723. The zero-order valence-electron chi connectivity index (χ0n) is 5.39. The van der Waals surface area contributed by atoms with Gasteiger partial charge in [-0.25, -0.2) is 4.79 Å². The Kier molecular flexibility index (Phi) is 4.33. The summed E-state index contributed by atoms with van der Waals surface area (Å²) in [5.74, 6) is -2.15. The monoisotopic (exact) mass is 181 g/mol. The van der Waals surface area contributed by atoms with Gasteiger partial charge in [0.2, 0.25) is 0 Å². The molecule has 0 radical (unpaired) electrons. The minimum atomic E-state index is -2.96. The Labute approximate surface area is 62.7 Å². The zero-order valence-corrected chi connectivity index (χ0v) is 6.28. The van der Waals surface area contributed by atoms with Gasteiger partial charge in [0, 0.05) is 4.57 Å². The minimum Gasteiger partial charge on any atom is -0.481 e. The number of hydrogen-bond acceptors (Lipinski definition) is 4. The van der Waals surface area contributed by atoms with E-state index in [1.165, 1.54) is 0 Å². The second kappa shape index (κ2) is 4.76. The zero-order chi connectivity index (χ0) is 8.85. The molecule has 0 amide bonds. The van der Waals surface area contributed by atoms with E-state index in [4.69, 9.17) is 10.00 Å². The van der Waals surface area contributed by atoms with Crippen LogP contribution in [0.15, 0.2) is 0 Å². The van der Waals surface area contributed by atoms with Crippen molar-refractivity contribution in [2.45, 2.75) is 12.8 Å². The van der Waals surface area contributed by atoms with Crippen LogP contribution in [-0.2, 0) is 18.7 Å². The summed E-state index contributed by atoms with van der Waals surface area (Å²) in [6, 6.07) is 0. The molecule has 0 heterocycles. The Bertz CT molecular complexity index is 187. The van der Waals surface area contributed by atoms with Crippen molar-refractivity contribution in [3.05, 3.63) is 0 Å². The summed E-state index contributed by atoms with van der Waals surface area (Å²) in [6.45, 7) is 0. The van der Waals surface area contributed by atoms with Crippen molar-refractivity contribution < 1.29 is 28.7 Å². The molecule has 1 atom stereocenters. The molecule has 11 heavy (non-hydrogen) atoms. The summed E-state index contributed by atoms with van der Waals surface area (Å²) in [6.07, 6.45) is -0.793. The predicted molar refractivity (Wildman–Crippen MR) is 32.8 cm³/mol. The molecule has 62 valence electrons. The number of aliphatic carboxylic acids is 1. The topological polar surface area (TPSA) is 101 Å². The van der Waals surface area contributed by atoms with Crippen LogP contribution in [0, 0.1) is 0 Å². The molecule has 2 N–H and O–H groups in total. The Morgan fingerprint density at radius 2 is 1.91 bits per heavy atom. The van der Waals surface area contributed by atoms with Crippen molar-refractivity contribution in [3.8, 4) is 0 Å². The summed E-state index contributed by atoms with van der Waals surface area (Å²) in [5.41, 5.74) is 0. The van der Waals surface area contributed by atoms with Gasteiger partial charge in [0.25, 0.3) is 0 Å². The van der Waals surface area contributed by atoms with Gasteiger partial charge in [0.15, 0.2) is 0 Å². The lowest BCUT2D eigenvalue weighted by atomic mass is 10.3. The lowest BCUT2D eigenvalue weighted by molar-refractivity contribution is -0.142. The van der Waals surface area contributed by atoms with Crippen LogP contribution < -0.4 is 0 Å². The maximum Gasteiger partial charge on any atom is 0.750 e. The summed E-state index contributed by atoms with van der Waals surface area (Å²) >= 11 is 0. The Morgan fingerprint density at radius 1 is 1.36 bits per heavy atom. The third kappa shape index (κ3) is 6.89. The normalized spacial score (nSPS) is 10.5. The first-order chi connectivity index (χ1) is 5.02. The fourth-order valence-corrected chi connectivity index (χ4v) is 0.607. The Morgan fingerprint density at radius 3 is 2.27 bits per heavy atom. The number of rotatable bonds is 4. The van der Waals surface area contributed by atoms with E-state index in [2.05, 4.69) is 4.52 Å². The van der Waals surface area contributed by atoms with Crippen LogP contribution in [-0.4, -0.2) is 21.9 Å². The van der Waals surface area contributed by atoms with Crippen LogP contribution in [0.4, 0.5) is 0 Å². The van der Waals surface area contributed by atoms with Crippen molar-refractivity contribution in [2.75, 3.05) is 0 Å². The van der Waals surface area contributed by atoms with Crippen LogP contribution in [0.5, 0.6) is 0 Å². The molecule has 0 bridgehead atoms. The van der Waals surface area contributed by atoms with E-state index in [1.807, 2.05) is 0 Å². The maximum absolute atomic E-state index is 10.3. The van der Waals surface area contributed by atoms with Gasteiger partial charge in [-0.15, -0.1) is 4.89 Å². The molecular formula is C4H6O6P+. The molecule has 7 heteroatoms. The van der Waals surface area contributed by atoms with Crippen molar-refractivity contribution in [3.63, 3.8) is 0 Å². The number of hydrogen-bond donors (Lipinski definition) is 2. The van der Waals surface area contributed by atoms with Gasteiger partial charge in [-0.05, 0) is 0 Å². The van der Waals surface area contributed by atoms with Crippen LogP contribution in [0.3, 0.4) is 0 Å². The number of carboxylic acid groups (broad SMARTS) is 1. The van der Waals surface area contributed by atoms with Gasteiger partial charge in [-0.1, -0.05) is 0 Å². The molecule has 0 saturated heterocycles. The average Bonchev–Trinajstić information content (AvgIpc) is 1.82. The molecular weight excluding hydrogens is 175 g/mol. The van der Waals surface area contributed by atoms with Crippen molar-refractivity contribution >= 4 is 20.2 Å². The van der Waals surface area contributed by atoms with E-state index in [0.717, 1.165) is 0 Å². The van der Waals surface area contributed by atoms with Crippen LogP contribution in [0.25, 0.3) is 0 Å². The quantitative estimate of drug-likeness (QED) is 0.594. The Hall–Kier alpha value is -1.00. The van der Waals surface area contributed by atoms with Crippen LogP contribution in [0.2, 0.25) is 0 Å². The second-order valence-electron chi connectivity index (χ2n) is 1.59. The van der Waals surface area contributed by atoms with E-state index in [0.29, 0.717) is 0 Å². The second-order valence-corrected chi connectivity index (χ2v) is 2.25. The number of carbonyl (C=O) groups excluding carboxylic acids is 1. The molecule has 0 aromatic rings. The standard InChI is InChI=1S/C4H5O6P/c5-3(6)1-2-4(7)10-11(8)9/h1-2H2,(H-,5,6,8,9)/p+1. The van der Waals surface area contributed by atoms with E-state index < -0.39 is 33.0 Å². The number of carboxylic acids is 1. The van der Waals surface area contributed by atoms with Crippen molar-refractivity contribution in [2.24, 2.45) is 0 Å². The molecule has 0 fully saturated rings. The minimum absolute atomic E-state index is 0.392. The largest absolute Gasteiger partial charge is 0.750 e. The first-order valence-corrected chi connectivity index (χ1v) is 3.74. The van der Waals surface area contributed by atoms with Gasteiger partial charge >= 0.3 is 20.2 Å². The smallest absolute Gasteiger partial charge is 0.481 e. The van der Waals surface area contributed by atoms with E-state index in [-0.39, 0.29) is 0 Å². The fourth-order valence-electron chi connectivity index (χ4n) is 0.342. The molecule has 0 aromatic carbocycles. The lowest BCUT2D eigenvalue weighted by Crippen LogP contribution is -2.03. The summed E-state index contributed by atoms with van der Waals surface area (Å²) in [4.78, 5) is 28.2. The highest BCUT2D eigenvalue weighted by Gasteiger charge is 2.20. The summed E-state index contributed by atoms with van der Waals surface area (Å²) in [5, 5.41) is 8.05. The molecule has 0 aliphatic heterocycles. The predicted octanol–water partition coefficient (Wildman–Crippen LogP) is 0.0441. The molecule has 1 unspecified atom stereocenters. The molecule has 0 spiro atoms. The van der Waals surface area contributed by atoms with E-state index in [1.54, 1.807) is 0 Å². The van der Waals surface area contributed by atoms with Gasteiger partial charge in [0.05, 0.1) is 12.8 Å². The summed E-state index contributed by atoms with van der Waals surface area (Å²) < 4.78 is 13.6. The molecule has 0 rings (SSSR count). The highest BCUT2D eigenvalue weighted by molar-refractivity contribution is 7.32. The van der Waals surface area contributed by atoms with Gasteiger partial charge in [-0.3, -0.25) is 4.79 Å². The first kappa shape index (κ1) is 10.0. The highest BCUT2D eigenvalue weighted by Crippen LogP contribution is 2.15. The molecule has 0 saturated carbocycles. The van der Waals surface area contributed by atoms with Crippen LogP contribution >= 0.6 is 8.25 Å². The van der Waals surface area contributed by atoms with Crippen LogP contribution in [0.1, 0.15) is 12.8 Å². The van der Waals surface area contributed by atoms with Gasteiger partial charge in [-0.2, -0.15) is 4.52 Å². The molecule has 6 nitrogen and oxygen atoms in total. The van der Waals surface area contributed by atoms with Crippen molar-refractivity contribution in [1.82, 2.24) is 0 Å². The lowest BCUT2D eigenvalue weighted by Gasteiger charge is -1.87.